The second kappa shape index (κ2) is 7.01. The van der Waals surface area contributed by atoms with Gasteiger partial charge in [0.15, 0.2) is 0 Å². The fourth-order valence-electron chi connectivity index (χ4n) is 2.03. The van der Waals surface area contributed by atoms with Crippen molar-refractivity contribution in [3.05, 3.63) is 18.0 Å². The molecule has 1 aromatic rings. The van der Waals surface area contributed by atoms with Gasteiger partial charge in [0.05, 0.1) is 5.56 Å². The van der Waals surface area contributed by atoms with Crippen molar-refractivity contribution in [2.45, 2.75) is 13.8 Å². The molecule has 1 N–H and O–H groups in total. The van der Waals surface area contributed by atoms with Crippen LogP contribution in [0.2, 0.25) is 0 Å². The van der Waals surface area contributed by atoms with E-state index in [1.54, 1.807) is 17.3 Å². The van der Waals surface area contributed by atoms with Crippen molar-refractivity contribution in [1.29, 1.82) is 0 Å². The Balaban J connectivity index is 1.93. The van der Waals surface area contributed by atoms with E-state index in [1.165, 1.54) is 0 Å². The summed E-state index contributed by atoms with van der Waals surface area (Å²) in [4.78, 5) is 34.8. The average Bonchev–Trinajstić information content (AvgIpc) is 2.53. The SMILES string of the molecule is CC(C)CNC(=O)c1cnc(N2CCN(C=O)CC2)nc1. The summed E-state index contributed by atoms with van der Waals surface area (Å²) in [5.41, 5.74) is 0.464. The van der Waals surface area contributed by atoms with Crippen LogP contribution in [0.15, 0.2) is 12.4 Å². The minimum absolute atomic E-state index is 0.152. The number of piperazine rings is 1. The summed E-state index contributed by atoms with van der Waals surface area (Å²) in [7, 11) is 0. The highest BCUT2D eigenvalue weighted by Crippen LogP contribution is 2.10. The first-order chi connectivity index (χ1) is 10.1. The van der Waals surface area contributed by atoms with Crippen LogP contribution in [0, 0.1) is 5.92 Å². The van der Waals surface area contributed by atoms with Gasteiger partial charge in [0, 0.05) is 45.1 Å². The van der Waals surface area contributed by atoms with Crippen LogP contribution in [0.5, 0.6) is 0 Å². The van der Waals surface area contributed by atoms with E-state index in [0.29, 0.717) is 50.2 Å². The average molecular weight is 291 g/mol. The monoisotopic (exact) mass is 291 g/mol. The lowest BCUT2D eigenvalue weighted by atomic mass is 10.2. The van der Waals surface area contributed by atoms with E-state index in [9.17, 15) is 9.59 Å². The topological polar surface area (TPSA) is 78.4 Å². The first-order valence-corrected chi connectivity index (χ1v) is 7.14. The van der Waals surface area contributed by atoms with Crippen LogP contribution in [0.4, 0.5) is 5.95 Å². The van der Waals surface area contributed by atoms with Gasteiger partial charge in [-0.25, -0.2) is 9.97 Å². The molecule has 0 radical (unpaired) electrons. The smallest absolute Gasteiger partial charge is 0.254 e. The second-order valence-electron chi connectivity index (χ2n) is 5.50. The molecule has 1 fully saturated rings. The Morgan fingerprint density at radius 2 is 1.90 bits per heavy atom. The largest absolute Gasteiger partial charge is 0.352 e. The van der Waals surface area contributed by atoms with Crippen molar-refractivity contribution in [1.82, 2.24) is 20.2 Å². The van der Waals surface area contributed by atoms with Gasteiger partial charge in [0.1, 0.15) is 0 Å². The number of aromatic nitrogens is 2. The maximum absolute atomic E-state index is 11.9. The molecule has 0 saturated carbocycles. The van der Waals surface area contributed by atoms with Gasteiger partial charge in [-0.15, -0.1) is 0 Å². The molecule has 1 aromatic heterocycles. The lowest BCUT2D eigenvalue weighted by Gasteiger charge is -2.32. The zero-order valence-corrected chi connectivity index (χ0v) is 12.5. The standard InChI is InChI=1S/C14H21N5O2/c1-11(2)7-15-13(21)12-8-16-14(17-9-12)19-5-3-18(10-20)4-6-19/h8-11H,3-7H2,1-2H3,(H,15,21). The number of carbonyl (C=O) groups excluding carboxylic acids is 2. The molecule has 0 spiro atoms. The first kappa shape index (κ1) is 15.2. The summed E-state index contributed by atoms with van der Waals surface area (Å²) < 4.78 is 0. The van der Waals surface area contributed by atoms with Gasteiger partial charge in [0.2, 0.25) is 12.4 Å². The molecule has 1 aliphatic rings. The van der Waals surface area contributed by atoms with Crippen LogP contribution < -0.4 is 10.2 Å². The van der Waals surface area contributed by atoms with E-state index in [0.717, 1.165) is 6.41 Å². The summed E-state index contributed by atoms with van der Waals surface area (Å²) in [6.07, 6.45) is 3.95. The number of hydrogen-bond acceptors (Lipinski definition) is 5. The summed E-state index contributed by atoms with van der Waals surface area (Å²) in [6, 6.07) is 0. The highest BCUT2D eigenvalue weighted by Gasteiger charge is 2.18. The number of nitrogens with zero attached hydrogens (tertiary/aromatic N) is 4. The molecule has 2 amide bonds. The van der Waals surface area contributed by atoms with E-state index < -0.39 is 0 Å². The fraction of sp³-hybridized carbons (Fsp3) is 0.571. The van der Waals surface area contributed by atoms with Crippen molar-refractivity contribution in [3.8, 4) is 0 Å². The van der Waals surface area contributed by atoms with Crippen LogP contribution in [0.3, 0.4) is 0 Å². The second-order valence-corrected chi connectivity index (χ2v) is 5.50. The van der Waals surface area contributed by atoms with Crippen molar-refractivity contribution < 1.29 is 9.59 Å². The van der Waals surface area contributed by atoms with Crippen molar-refractivity contribution in [3.63, 3.8) is 0 Å². The van der Waals surface area contributed by atoms with Crippen LogP contribution in [0.1, 0.15) is 24.2 Å². The molecule has 2 rings (SSSR count). The van der Waals surface area contributed by atoms with Gasteiger partial charge in [-0.1, -0.05) is 13.8 Å². The van der Waals surface area contributed by atoms with Gasteiger partial charge in [-0.2, -0.15) is 0 Å². The Labute approximate surface area is 124 Å². The van der Waals surface area contributed by atoms with Gasteiger partial charge >= 0.3 is 0 Å². The zero-order valence-electron chi connectivity index (χ0n) is 12.5. The highest BCUT2D eigenvalue weighted by molar-refractivity contribution is 5.93. The predicted octanol–water partition coefficient (Wildman–Crippen LogP) is 0.141. The Morgan fingerprint density at radius 1 is 1.29 bits per heavy atom. The van der Waals surface area contributed by atoms with Gasteiger partial charge in [-0.3, -0.25) is 9.59 Å². The number of anilines is 1. The molecule has 7 nitrogen and oxygen atoms in total. The van der Waals surface area contributed by atoms with Gasteiger partial charge in [-0.05, 0) is 5.92 Å². The van der Waals surface area contributed by atoms with E-state index >= 15 is 0 Å². The Kier molecular flexibility index (Phi) is 5.08. The lowest BCUT2D eigenvalue weighted by Crippen LogP contribution is -2.46. The van der Waals surface area contributed by atoms with Crippen LogP contribution >= 0.6 is 0 Å². The normalized spacial score (nSPS) is 15.2. The molecule has 0 aliphatic carbocycles. The van der Waals surface area contributed by atoms with Crippen molar-refractivity contribution in [2.75, 3.05) is 37.6 Å². The molecule has 21 heavy (non-hydrogen) atoms. The molecule has 0 aromatic carbocycles. The maximum Gasteiger partial charge on any atom is 0.254 e. The molecule has 114 valence electrons. The van der Waals surface area contributed by atoms with Gasteiger partial charge < -0.3 is 15.1 Å². The highest BCUT2D eigenvalue weighted by atomic mass is 16.1. The lowest BCUT2D eigenvalue weighted by molar-refractivity contribution is -0.118. The molecule has 1 aliphatic heterocycles. The Hall–Kier alpha value is -2.18. The van der Waals surface area contributed by atoms with Crippen molar-refractivity contribution in [2.24, 2.45) is 5.92 Å². The third kappa shape index (κ3) is 4.14. The van der Waals surface area contributed by atoms with Crippen molar-refractivity contribution >= 4 is 18.3 Å². The first-order valence-electron chi connectivity index (χ1n) is 7.14. The molecule has 7 heteroatoms. The molecular formula is C14H21N5O2. The number of rotatable bonds is 5. The van der Waals surface area contributed by atoms with E-state index in [2.05, 4.69) is 15.3 Å². The number of hydrogen-bond donors (Lipinski definition) is 1. The molecule has 2 heterocycles. The zero-order chi connectivity index (χ0) is 15.2. The summed E-state index contributed by atoms with van der Waals surface area (Å²) in [6.45, 7) is 7.47. The quantitative estimate of drug-likeness (QED) is 0.781. The number of nitrogens with one attached hydrogen (secondary N) is 1. The minimum atomic E-state index is -0.152. The molecule has 0 atom stereocenters. The molecule has 0 bridgehead atoms. The number of amides is 2. The molecular weight excluding hydrogens is 270 g/mol. The van der Waals surface area contributed by atoms with Crippen LogP contribution in [-0.2, 0) is 4.79 Å². The molecule has 0 unspecified atom stereocenters. The fourth-order valence-corrected chi connectivity index (χ4v) is 2.03. The summed E-state index contributed by atoms with van der Waals surface area (Å²) in [5.74, 6) is 0.852. The van der Waals surface area contributed by atoms with Crippen LogP contribution in [-0.4, -0.2) is 59.9 Å². The van der Waals surface area contributed by atoms with E-state index in [4.69, 9.17) is 0 Å². The summed E-state index contributed by atoms with van der Waals surface area (Å²) >= 11 is 0. The minimum Gasteiger partial charge on any atom is -0.352 e. The van der Waals surface area contributed by atoms with E-state index in [-0.39, 0.29) is 5.91 Å². The number of carbonyl (C=O) groups is 2. The predicted molar refractivity (Wildman–Crippen MR) is 79.1 cm³/mol. The van der Waals surface area contributed by atoms with Crippen LogP contribution in [0.25, 0.3) is 0 Å². The van der Waals surface area contributed by atoms with E-state index in [1.807, 2.05) is 18.7 Å². The molecule has 1 saturated heterocycles. The maximum atomic E-state index is 11.9. The Bertz CT molecular complexity index is 481. The Morgan fingerprint density at radius 3 is 2.43 bits per heavy atom. The van der Waals surface area contributed by atoms with Gasteiger partial charge in [0.25, 0.3) is 5.91 Å². The third-order valence-electron chi connectivity index (χ3n) is 3.32. The third-order valence-corrected chi connectivity index (χ3v) is 3.32. The summed E-state index contributed by atoms with van der Waals surface area (Å²) in [5, 5.41) is 2.83.